The number of likely N-dealkylation sites (N-methyl/N-ethyl adjacent to an activating group) is 1. The van der Waals surface area contributed by atoms with Gasteiger partial charge in [-0.3, -0.25) is 4.79 Å². The lowest BCUT2D eigenvalue weighted by molar-refractivity contribution is -0.136. The molecule has 2 N–H and O–H groups in total. The molecule has 7 heteroatoms. The Labute approximate surface area is 125 Å². The van der Waals surface area contributed by atoms with Gasteiger partial charge in [-0.2, -0.15) is 4.31 Å². The number of carbonyl (C=O) groups is 1. The van der Waals surface area contributed by atoms with E-state index in [1.165, 1.54) is 33.0 Å². The smallest absolute Gasteiger partial charge is 0.303 e. The molecule has 0 aliphatic rings. The van der Waals surface area contributed by atoms with E-state index in [1.54, 1.807) is 12.1 Å². The Kier molecular flexibility index (Phi) is 5.49. The minimum absolute atomic E-state index is 0.00466. The van der Waals surface area contributed by atoms with E-state index in [0.717, 1.165) is 9.87 Å². The van der Waals surface area contributed by atoms with Crippen molar-refractivity contribution in [3.05, 3.63) is 29.8 Å². The average Bonchev–Trinajstić information content (AvgIpc) is 2.34. The quantitative estimate of drug-likeness (QED) is 0.785. The summed E-state index contributed by atoms with van der Waals surface area (Å²) < 4.78 is 25.7. The van der Waals surface area contributed by atoms with Crippen LogP contribution < -0.4 is 0 Å². The van der Waals surface area contributed by atoms with Crippen LogP contribution in [0.25, 0.3) is 0 Å². The number of benzene rings is 1. The highest BCUT2D eigenvalue weighted by molar-refractivity contribution is 7.89. The van der Waals surface area contributed by atoms with E-state index in [2.05, 4.69) is 0 Å². The normalized spacial score (nSPS) is 12.6. The fourth-order valence-corrected chi connectivity index (χ4v) is 3.21. The summed E-state index contributed by atoms with van der Waals surface area (Å²) in [6.45, 7) is 3.05. The van der Waals surface area contributed by atoms with Crippen molar-refractivity contribution in [2.45, 2.75) is 37.2 Å². The van der Waals surface area contributed by atoms with Gasteiger partial charge >= 0.3 is 5.97 Å². The second-order valence-electron chi connectivity index (χ2n) is 5.61. The van der Waals surface area contributed by atoms with E-state index < -0.39 is 21.6 Å². The van der Waals surface area contributed by atoms with Crippen LogP contribution in [-0.2, 0) is 21.2 Å². The Morgan fingerprint density at radius 1 is 1.24 bits per heavy atom. The van der Waals surface area contributed by atoms with E-state index in [-0.39, 0.29) is 17.9 Å². The first-order valence-corrected chi connectivity index (χ1v) is 7.96. The highest BCUT2D eigenvalue weighted by Gasteiger charge is 2.26. The molecule has 0 unspecified atom stereocenters. The van der Waals surface area contributed by atoms with Crippen molar-refractivity contribution >= 4 is 16.0 Å². The van der Waals surface area contributed by atoms with E-state index in [1.807, 2.05) is 0 Å². The largest absolute Gasteiger partial charge is 0.481 e. The van der Waals surface area contributed by atoms with E-state index in [9.17, 15) is 18.3 Å². The Hall–Kier alpha value is -1.44. The fraction of sp³-hybridized carbons (Fsp3) is 0.500. The molecular formula is C14H21NO5S. The number of hydrogen-bond donors (Lipinski definition) is 2. The first-order valence-electron chi connectivity index (χ1n) is 6.52. The third kappa shape index (κ3) is 5.45. The van der Waals surface area contributed by atoms with Crippen molar-refractivity contribution in [1.82, 2.24) is 4.31 Å². The molecule has 0 radical (unpaired) electrons. The minimum atomic E-state index is -3.66. The molecule has 21 heavy (non-hydrogen) atoms. The molecule has 0 amide bonds. The zero-order valence-electron chi connectivity index (χ0n) is 12.4. The first kappa shape index (κ1) is 17.6. The Morgan fingerprint density at radius 2 is 1.76 bits per heavy atom. The number of hydrogen-bond acceptors (Lipinski definition) is 4. The highest BCUT2D eigenvalue weighted by atomic mass is 32.2. The molecule has 1 aromatic rings. The minimum Gasteiger partial charge on any atom is -0.481 e. The van der Waals surface area contributed by atoms with Crippen LogP contribution in [0.1, 0.15) is 25.8 Å². The van der Waals surface area contributed by atoms with Crippen LogP contribution in [0, 0.1) is 0 Å². The summed E-state index contributed by atoms with van der Waals surface area (Å²) in [5.74, 6) is -0.892. The van der Waals surface area contributed by atoms with Crippen LogP contribution in [0.15, 0.2) is 29.2 Å². The van der Waals surface area contributed by atoms with Crippen LogP contribution >= 0.6 is 0 Å². The molecule has 0 bridgehead atoms. The van der Waals surface area contributed by atoms with Gasteiger partial charge in [-0.1, -0.05) is 12.1 Å². The second kappa shape index (κ2) is 6.55. The Morgan fingerprint density at radius 3 is 2.19 bits per heavy atom. The molecule has 6 nitrogen and oxygen atoms in total. The van der Waals surface area contributed by atoms with E-state index in [0.29, 0.717) is 6.42 Å². The molecule has 118 valence electrons. The molecule has 0 spiro atoms. The summed E-state index contributed by atoms with van der Waals surface area (Å²) in [5, 5.41) is 18.3. The lowest BCUT2D eigenvalue weighted by Crippen LogP contribution is -2.39. The molecule has 0 fully saturated rings. The molecule has 0 atom stereocenters. The maximum Gasteiger partial charge on any atom is 0.303 e. The summed E-state index contributed by atoms with van der Waals surface area (Å²) in [7, 11) is -2.25. The number of aliphatic hydroxyl groups is 1. The SMILES string of the molecule is CN(CC(C)(C)O)S(=O)(=O)c1ccc(CCC(=O)O)cc1. The van der Waals surface area contributed by atoms with Crippen molar-refractivity contribution in [3.8, 4) is 0 Å². The van der Waals surface area contributed by atoms with Gasteiger partial charge in [0.05, 0.1) is 10.5 Å². The summed E-state index contributed by atoms with van der Waals surface area (Å²) in [6, 6.07) is 6.11. The standard InChI is InChI=1S/C14H21NO5S/c1-14(2,18)10-15(3)21(19,20)12-7-4-11(5-8-12)6-9-13(16)17/h4-5,7-8,18H,6,9-10H2,1-3H3,(H,16,17). The van der Waals surface area contributed by atoms with Gasteiger partial charge in [-0.15, -0.1) is 0 Å². The maximum atomic E-state index is 12.3. The molecule has 0 saturated carbocycles. The molecule has 0 saturated heterocycles. The summed E-state index contributed by atoms with van der Waals surface area (Å²) in [5.41, 5.74) is -0.357. The Balaban J connectivity index is 2.87. The van der Waals surface area contributed by atoms with Crippen LogP contribution in [0.4, 0.5) is 0 Å². The topological polar surface area (TPSA) is 94.9 Å². The molecular weight excluding hydrogens is 294 g/mol. The van der Waals surface area contributed by atoms with E-state index >= 15 is 0 Å². The van der Waals surface area contributed by atoms with Gasteiger partial charge in [0.2, 0.25) is 10.0 Å². The lowest BCUT2D eigenvalue weighted by Gasteiger charge is -2.25. The zero-order chi connectivity index (χ0) is 16.3. The van der Waals surface area contributed by atoms with Crippen molar-refractivity contribution in [1.29, 1.82) is 0 Å². The number of rotatable bonds is 7. The van der Waals surface area contributed by atoms with Crippen LogP contribution in [-0.4, -0.2) is 48.1 Å². The number of nitrogens with zero attached hydrogens (tertiary/aromatic N) is 1. The third-order valence-electron chi connectivity index (χ3n) is 2.87. The second-order valence-corrected chi connectivity index (χ2v) is 7.66. The summed E-state index contributed by atoms with van der Waals surface area (Å²) in [4.78, 5) is 10.6. The molecule has 0 aliphatic heterocycles. The summed E-state index contributed by atoms with van der Waals surface area (Å²) >= 11 is 0. The third-order valence-corrected chi connectivity index (χ3v) is 4.69. The van der Waals surface area contributed by atoms with Gasteiger partial charge in [-0.25, -0.2) is 8.42 Å². The molecule has 0 aromatic heterocycles. The lowest BCUT2D eigenvalue weighted by atomic mass is 10.1. The average molecular weight is 315 g/mol. The molecule has 0 aliphatic carbocycles. The van der Waals surface area contributed by atoms with Crippen molar-refractivity contribution in [2.75, 3.05) is 13.6 Å². The number of aliphatic carboxylic acids is 1. The summed E-state index contributed by atoms with van der Waals surface area (Å²) in [6.07, 6.45) is 0.361. The van der Waals surface area contributed by atoms with Gasteiger partial charge in [0.15, 0.2) is 0 Å². The molecule has 1 aromatic carbocycles. The van der Waals surface area contributed by atoms with E-state index in [4.69, 9.17) is 5.11 Å². The van der Waals surface area contributed by atoms with Gasteiger partial charge in [0.25, 0.3) is 0 Å². The van der Waals surface area contributed by atoms with Crippen LogP contribution in [0.2, 0.25) is 0 Å². The van der Waals surface area contributed by atoms with Gasteiger partial charge in [0, 0.05) is 20.0 Å². The predicted octanol–water partition coefficient (Wildman–Crippen LogP) is 1.10. The molecule has 0 heterocycles. The first-order chi connectivity index (χ1) is 9.52. The number of sulfonamides is 1. The zero-order valence-corrected chi connectivity index (χ0v) is 13.2. The number of carboxylic acids is 1. The van der Waals surface area contributed by atoms with Crippen LogP contribution in [0.3, 0.4) is 0 Å². The van der Waals surface area contributed by atoms with Gasteiger partial charge in [0.1, 0.15) is 0 Å². The monoisotopic (exact) mass is 315 g/mol. The highest BCUT2D eigenvalue weighted by Crippen LogP contribution is 2.18. The van der Waals surface area contributed by atoms with Crippen LogP contribution in [0.5, 0.6) is 0 Å². The van der Waals surface area contributed by atoms with Gasteiger partial charge in [-0.05, 0) is 38.0 Å². The van der Waals surface area contributed by atoms with Gasteiger partial charge < -0.3 is 10.2 Å². The number of aryl methyl sites for hydroxylation is 1. The van der Waals surface area contributed by atoms with Crippen molar-refractivity contribution in [3.63, 3.8) is 0 Å². The van der Waals surface area contributed by atoms with Crippen molar-refractivity contribution in [2.24, 2.45) is 0 Å². The fourth-order valence-electron chi connectivity index (χ4n) is 1.89. The van der Waals surface area contributed by atoms with Crippen molar-refractivity contribution < 1.29 is 23.4 Å². The predicted molar refractivity (Wildman–Crippen MR) is 78.5 cm³/mol. The Bertz CT molecular complexity index is 587. The number of carboxylic acid groups (broad SMARTS) is 1. The molecule has 1 rings (SSSR count). The maximum absolute atomic E-state index is 12.3.